The third kappa shape index (κ3) is 2.26. The molecule has 5 rings (SSSR count). The zero-order valence-electron chi connectivity index (χ0n) is 13.2. The number of aromatic nitrogens is 1. The normalized spacial score (nSPS) is 11.6. The molecule has 1 heterocycles. The first-order valence-corrected chi connectivity index (χ1v) is 9.69. The summed E-state index contributed by atoms with van der Waals surface area (Å²) in [6, 6.07) is 27.9. The van der Waals surface area contributed by atoms with E-state index in [-0.39, 0.29) is 0 Å². The molecule has 0 aliphatic heterocycles. The first-order chi connectivity index (χ1) is 12.2. The lowest BCUT2D eigenvalue weighted by Crippen LogP contribution is -1.94. The molecule has 0 aliphatic rings. The highest BCUT2D eigenvalue weighted by Crippen LogP contribution is 2.40. The molecule has 1 nitrogen and oxygen atoms in total. The van der Waals surface area contributed by atoms with Gasteiger partial charge >= 0.3 is 0 Å². The average molecular weight is 451 g/mol. The standard InChI is InChI=1S/C22H13Br2N/c23-18-11-12-19(24)22-21(18)17-7-3-4-8-20(17)25(22)16-10-9-14-5-1-2-6-15(14)13-16/h1-13H. The van der Waals surface area contributed by atoms with Crippen molar-refractivity contribution in [3.63, 3.8) is 0 Å². The predicted molar refractivity (Wildman–Crippen MR) is 114 cm³/mol. The Labute approximate surface area is 162 Å². The first kappa shape index (κ1) is 15.2. The molecule has 0 saturated heterocycles. The van der Waals surface area contributed by atoms with Crippen molar-refractivity contribution in [1.29, 1.82) is 0 Å². The third-order valence-electron chi connectivity index (χ3n) is 4.71. The van der Waals surface area contributed by atoms with Crippen molar-refractivity contribution in [2.75, 3.05) is 0 Å². The van der Waals surface area contributed by atoms with E-state index in [2.05, 4.69) is 115 Å². The Bertz CT molecular complexity index is 1270. The van der Waals surface area contributed by atoms with Crippen LogP contribution in [-0.4, -0.2) is 4.57 Å². The summed E-state index contributed by atoms with van der Waals surface area (Å²) in [7, 11) is 0. The third-order valence-corrected chi connectivity index (χ3v) is 6.01. The molecule has 0 fully saturated rings. The minimum absolute atomic E-state index is 1.09. The van der Waals surface area contributed by atoms with Gasteiger partial charge < -0.3 is 4.57 Å². The van der Waals surface area contributed by atoms with Gasteiger partial charge in [0.15, 0.2) is 0 Å². The van der Waals surface area contributed by atoms with E-state index < -0.39 is 0 Å². The molecule has 0 unspecified atom stereocenters. The van der Waals surface area contributed by atoms with Crippen molar-refractivity contribution >= 4 is 64.4 Å². The van der Waals surface area contributed by atoms with Crippen LogP contribution in [0.5, 0.6) is 0 Å². The monoisotopic (exact) mass is 449 g/mol. The molecule has 0 bridgehead atoms. The zero-order chi connectivity index (χ0) is 17.0. The van der Waals surface area contributed by atoms with Gasteiger partial charge in [-0.1, -0.05) is 64.5 Å². The maximum atomic E-state index is 3.77. The van der Waals surface area contributed by atoms with Crippen LogP contribution in [0.2, 0.25) is 0 Å². The van der Waals surface area contributed by atoms with E-state index in [1.807, 2.05) is 0 Å². The van der Waals surface area contributed by atoms with E-state index in [0.717, 1.165) is 8.95 Å². The Morgan fingerprint density at radius 2 is 1.36 bits per heavy atom. The maximum absolute atomic E-state index is 3.77. The van der Waals surface area contributed by atoms with Crippen molar-refractivity contribution in [2.24, 2.45) is 0 Å². The molecule has 0 N–H and O–H groups in total. The largest absolute Gasteiger partial charge is 0.308 e. The zero-order valence-corrected chi connectivity index (χ0v) is 16.4. The van der Waals surface area contributed by atoms with Gasteiger partial charge in [0.25, 0.3) is 0 Å². The molecule has 3 heteroatoms. The van der Waals surface area contributed by atoms with E-state index in [1.165, 1.54) is 38.3 Å². The highest BCUT2D eigenvalue weighted by Gasteiger charge is 2.16. The second-order valence-electron chi connectivity index (χ2n) is 6.14. The van der Waals surface area contributed by atoms with Crippen LogP contribution in [0.3, 0.4) is 0 Å². The van der Waals surface area contributed by atoms with Crippen molar-refractivity contribution in [3.05, 3.63) is 87.8 Å². The Balaban J connectivity index is 1.98. The molecular weight excluding hydrogens is 438 g/mol. The van der Waals surface area contributed by atoms with E-state index in [1.54, 1.807) is 0 Å². The summed E-state index contributed by atoms with van der Waals surface area (Å²) in [5.41, 5.74) is 3.56. The molecule has 0 atom stereocenters. The smallest absolute Gasteiger partial charge is 0.0694 e. The van der Waals surface area contributed by atoms with Crippen molar-refractivity contribution in [2.45, 2.75) is 0 Å². The average Bonchev–Trinajstić information content (AvgIpc) is 3.01. The van der Waals surface area contributed by atoms with Crippen LogP contribution in [0, 0.1) is 0 Å². The minimum Gasteiger partial charge on any atom is -0.308 e. The number of halogens is 2. The fourth-order valence-electron chi connectivity index (χ4n) is 3.60. The lowest BCUT2D eigenvalue weighted by atomic mass is 10.1. The minimum atomic E-state index is 1.09. The highest BCUT2D eigenvalue weighted by atomic mass is 79.9. The molecule has 5 aromatic rings. The maximum Gasteiger partial charge on any atom is 0.0694 e. The number of fused-ring (bicyclic) bond motifs is 4. The fraction of sp³-hybridized carbons (Fsp3) is 0. The van der Waals surface area contributed by atoms with Crippen LogP contribution in [0.25, 0.3) is 38.3 Å². The lowest BCUT2D eigenvalue weighted by Gasteiger charge is -2.10. The summed E-state index contributed by atoms with van der Waals surface area (Å²) in [4.78, 5) is 0. The quantitative estimate of drug-likeness (QED) is 0.249. The van der Waals surface area contributed by atoms with Gasteiger partial charge in [0, 0.05) is 25.4 Å². The Morgan fingerprint density at radius 3 is 2.24 bits per heavy atom. The van der Waals surface area contributed by atoms with E-state index >= 15 is 0 Å². The van der Waals surface area contributed by atoms with Crippen molar-refractivity contribution < 1.29 is 0 Å². The Morgan fingerprint density at radius 1 is 0.640 bits per heavy atom. The van der Waals surface area contributed by atoms with Crippen LogP contribution in [-0.2, 0) is 0 Å². The molecule has 120 valence electrons. The van der Waals surface area contributed by atoms with Crippen LogP contribution in [0.15, 0.2) is 87.8 Å². The summed E-state index contributed by atoms with van der Waals surface area (Å²) in [6.07, 6.45) is 0. The molecule has 0 spiro atoms. The first-order valence-electron chi connectivity index (χ1n) is 8.10. The van der Waals surface area contributed by atoms with Gasteiger partial charge in [-0.15, -0.1) is 0 Å². The van der Waals surface area contributed by atoms with Crippen LogP contribution < -0.4 is 0 Å². The SMILES string of the molecule is Brc1ccc(Br)c2c1c1ccccc1n2-c1ccc2ccccc2c1. The van der Waals surface area contributed by atoms with Gasteiger partial charge in [0.1, 0.15) is 0 Å². The van der Waals surface area contributed by atoms with Crippen molar-refractivity contribution in [1.82, 2.24) is 4.57 Å². The van der Waals surface area contributed by atoms with E-state index in [9.17, 15) is 0 Å². The number of hydrogen-bond donors (Lipinski definition) is 0. The van der Waals surface area contributed by atoms with Gasteiger partial charge in [-0.3, -0.25) is 0 Å². The van der Waals surface area contributed by atoms with Crippen LogP contribution >= 0.6 is 31.9 Å². The van der Waals surface area contributed by atoms with Gasteiger partial charge in [-0.05, 0) is 57.0 Å². The second-order valence-corrected chi connectivity index (χ2v) is 7.85. The fourth-order valence-corrected chi connectivity index (χ4v) is 4.64. The summed E-state index contributed by atoms with van der Waals surface area (Å²) >= 11 is 7.51. The Hall–Kier alpha value is -2.10. The topological polar surface area (TPSA) is 4.93 Å². The predicted octanol–water partition coefficient (Wildman–Crippen LogP) is 7.46. The number of hydrogen-bond acceptors (Lipinski definition) is 0. The number of nitrogens with zero attached hydrogens (tertiary/aromatic N) is 1. The van der Waals surface area contributed by atoms with Crippen LogP contribution in [0.1, 0.15) is 0 Å². The molecular formula is C22H13Br2N. The van der Waals surface area contributed by atoms with Gasteiger partial charge in [-0.2, -0.15) is 0 Å². The molecule has 0 amide bonds. The molecule has 0 radical (unpaired) electrons. The summed E-state index contributed by atoms with van der Waals surface area (Å²) in [6.45, 7) is 0. The highest BCUT2D eigenvalue weighted by molar-refractivity contribution is 9.11. The summed E-state index contributed by atoms with van der Waals surface area (Å²) in [5.74, 6) is 0. The second kappa shape index (κ2) is 5.72. The summed E-state index contributed by atoms with van der Waals surface area (Å²) < 4.78 is 4.54. The van der Waals surface area contributed by atoms with E-state index in [4.69, 9.17) is 0 Å². The van der Waals surface area contributed by atoms with Gasteiger partial charge in [-0.25, -0.2) is 0 Å². The molecule has 25 heavy (non-hydrogen) atoms. The van der Waals surface area contributed by atoms with Gasteiger partial charge in [0.05, 0.1) is 11.0 Å². The van der Waals surface area contributed by atoms with Crippen molar-refractivity contribution in [3.8, 4) is 5.69 Å². The lowest BCUT2D eigenvalue weighted by molar-refractivity contribution is 1.18. The molecule has 1 aromatic heterocycles. The molecule has 0 saturated carbocycles. The number of para-hydroxylation sites is 1. The van der Waals surface area contributed by atoms with Crippen LogP contribution in [0.4, 0.5) is 0 Å². The summed E-state index contributed by atoms with van der Waals surface area (Å²) in [5, 5.41) is 4.99. The molecule has 4 aromatic carbocycles. The van der Waals surface area contributed by atoms with E-state index in [0.29, 0.717) is 0 Å². The van der Waals surface area contributed by atoms with Gasteiger partial charge in [0.2, 0.25) is 0 Å². The number of benzene rings is 4. The Kier molecular flexibility index (Phi) is 3.47. The number of rotatable bonds is 1. The molecule has 0 aliphatic carbocycles.